The van der Waals surface area contributed by atoms with Gasteiger partial charge in [-0.3, -0.25) is 19.8 Å². The molecule has 1 fully saturated rings. The van der Waals surface area contributed by atoms with Crippen LogP contribution in [0, 0.1) is 16.0 Å². The van der Waals surface area contributed by atoms with Crippen molar-refractivity contribution < 1.29 is 9.72 Å². The molecule has 2 aromatic carbocycles. The van der Waals surface area contributed by atoms with Gasteiger partial charge in [0.05, 0.1) is 4.92 Å². The highest BCUT2D eigenvalue weighted by atomic mass is 16.6. The van der Waals surface area contributed by atoms with Gasteiger partial charge in [0.15, 0.2) is 0 Å². The van der Waals surface area contributed by atoms with E-state index in [1.807, 2.05) is 11.0 Å². The molecule has 0 bridgehead atoms. The van der Waals surface area contributed by atoms with Gasteiger partial charge in [0.25, 0.3) is 5.69 Å². The van der Waals surface area contributed by atoms with E-state index in [1.54, 1.807) is 12.1 Å². The number of nitro groups is 1. The van der Waals surface area contributed by atoms with Crippen LogP contribution in [0.3, 0.4) is 0 Å². The van der Waals surface area contributed by atoms with E-state index < -0.39 is 0 Å². The molecule has 1 aliphatic heterocycles. The lowest BCUT2D eigenvalue weighted by atomic mass is 9.95. The molecule has 0 saturated carbocycles. The molecule has 1 amide bonds. The van der Waals surface area contributed by atoms with Gasteiger partial charge in [0, 0.05) is 38.2 Å². The number of piperidine rings is 1. The lowest BCUT2D eigenvalue weighted by molar-refractivity contribution is -0.384. The number of carbonyl (C=O) groups excluding carboxylic acids is 1. The third kappa shape index (κ3) is 6.04. The average Bonchev–Trinajstić information content (AvgIpc) is 2.81. The number of amides is 1. The fourth-order valence-electron chi connectivity index (χ4n) is 4.07. The Morgan fingerprint density at radius 1 is 1.06 bits per heavy atom. The molecule has 1 heterocycles. The molecule has 3 rings (SSSR count). The Morgan fingerprint density at radius 2 is 1.68 bits per heavy atom. The topological polar surface area (TPSA) is 78.7 Å². The van der Waals surface area contributed by atoms with Crippen molar-refractivity contribution in [2.45, 2.75) is 39.8 Å². The molecular formula is C24H32N4O3. The summed E-state index contributed by atoms with van der Waals surface area (Å²) in [7, 11) is 0. The van der Waals surface area contributed by atoms with Crippen molar-refractivity contribution in [2.75, 3.05) is 31.1 Å². The predicted octanol–water partition coefficient (Wildman–Crippen LogP) is 3.97. The molecule has 0 radical (unpaired) electrons. The Hall–Kier alpha value is -2.93. The third-order valence-electron chi connectivity index (χ3n) is 6.08. The average molecular weight is 425 g/mol. The SMILES string of the molecule is CCN(CC)Cc1ccc(CNC(=O)C2CCN(c3ccccc3[N+](=O)[O-])CC2)cc1. The van der Waals surface area contributed by atoms with Gasteiger partial charge >= 0.3 is 0 Å². The first kappa shape index (κ1) is 22.7. The van der Waals surface area contributed by atoms with Crippen molar-refractivity contribution in [3.63, 3.8) is 0 Å². The van der Waals surface area contributed by atoms with Crippen LogP contribution < -0.4 is 10.2 Å². The number of benzene rings is 2. The molecule has 31 heavy (non-hydrogen) atoms. The van der Waals surface area contributed by atoms with Gasteiger partial charge in [-0.25, -0.2) is 0 Å². The van der Waals surface area contributed by atoms with Crippen molar-refractivity contribution >= 4 is 17.3 Å². The van der Waals surface area contributed by atoms with E-state index in [2.05, 4.69) is 48.3 Å². The van der Waals surface area contributed by atoms with E-state index in [9.17, 15) is 14.9 Å². The summed E-state index contributed by atoms with van der Waals surface area (Å²) in [6.07, 6.45) is 1.39. The summed E-state index contributed by atoms with van der Waals surface area (Å²) in [5.41, 5.74) is 3.13. The van der Waals surface area contributed by atoms with Crippen LogP contribution in [0.2, 0.25) is 0 Å². The molecular weight excluding hydrogens is 392 g/mol. The quantitative estimate of drug-likeness (QED) is 0.487. The molecule has 0 spiro atoms. The summed E-state index contributed by atoms with van der Waals surface area (Å²) >= 11 is 0. The summed E-state index contributed by atoms with van der Waals surface area (Å²) in [5, 5.41) is 14.3. The fourth-order valence-corrected chi connectivity index (χ4v) is 4.07. The zero-order valence-electron chi connectivity index (χ0n) is 18.4. The number of carbonyl (C=O) groups is 1. The lowest BCUT2D eigenvalue weighted by Crippen LogP contribution is -2.40. The molecule has 1 aliphatic rings. The van der Waals surface area contributed by atoms with Gasteiger partial charge in [-0.2, -0.15) is 0 Å². The van der Waals surface area contributed by atoms with E-state index >= 15 is 0 Å². The Labute approximate surface area is 184 Å². The molecule has 1 N–H and O–H groups in total. The lowest BCUT2D eigenvalue weighted by Gasteiger charge is -2.32. The predicted molar refractivity (Wildman–Crippen MR) is 123 cm³/mol. The number of hydrogen-bond donors (Lipinski definition) is 1. The molecule has 1 saturated heterocycles. The molecule has 7 heteroatoms. The van der Waals surface area contributed by atoms with Crippen molar-refractivity contribution in [2.24, 2.45) is 5.92 Å². The highest BCUT2D eigenvalue weighted by molar-refractivity contribution is 5.79. The summed E-state index contributed by atoms with van der Waals surface area (Å²) < 4.78 is 0. The summed E-state index contributed by atoms with van der Waals surface area (Å²) in [6, 6.07) is 15.2. The van der Waals surface area contributed by atoms with Gasteiger partial charge in [-0.05, 0) is 43.1 Å². The van der Waals surface area contributed by atoms with Gasteiger partial charge in [0.1, 0.15) is 5.69 Å². The summed E-state index contributed by atoms with van der Waals surface area (Å²) in [4.78, 5) is 27.9. The summed E-state index contributed by atoms with van der Waals surface area (Å²) in [5.74, 6) is 0.00962. The van der Waals surface area contributed by atoms with Gasteiger partial charge in [-0.15, -0.1) is 0 Å². The van der Waals surface area contributed by atoms with Gasteiger partial charge < -0.3 is 10.2 Å². The van der Waals surface area contributed by atoms with Crippen LogP contribution in [-0.2, 0) is 17.9 Å². The maximum atomic E-state index is 12.6. The second-order valence-electron chi connectivity index (χ2n) is 8.00. The zero-order valence-corrected chi connectivity index (χ0v) is 18.4. The van der Waals surface area contributed by atoms with Crippen LogP contribution in [0.1, 0.15) is 37.8 Å². The Morgan fingerprint density at radius 3 is 2.29 bits per heavy atom. The van der Waals surface area contributed by atoms with E-state index in [4.69, 9.17) is 0 Å². The molecule has 2 aromatic rings. The molecule has 0 unspecified atom stereocenters. The largest absolute Gasteiger partial charge is 0.366 e. The maximum absolute atomic E-state index is 12.6. The number of nitrogens with one attached hydrogen (secondary N) is 1. The Bertz CT molecular complexity index is 873. The molecule has 166 valence electrons. The van der Waals surface area contributed by atoms with E-state index in [1.165, 1.54) is 11.6 Å². The molecule has 0 aliphatic carbocycles. The molecule has 0 atom stereocenters. The minimum atomic E-state index is -0.346. The first-order valence-corrected chi connectivity index (χ1v) is 11.1. The second kappa shape index (κ2) is 10.9. The van der Waals surface area contributed by atoms with Crippen LogP contribution in [-0.4, -0.2) is 41.9 Å². The van der Waals surface area contributed by atoms with Crippen molar-refractivity contribution in [1.29, 1.82) is 0 Å². The molecule has 0 aromatic heterocycles. The fraction of sp³-hybridized carbons (Fsp3) is 0.458. The minimum Gasteiger partial charge on any atom is -0.366 e. The van der Waals surface area contributed by atoms with Crippen LogP contribution in [0.4, 0.5) is 11.4 Å². The first-order valence-electron chi connectivity index (χ1n) is 11.1. The van der Waals surface area contributed by atoms with Crippen molar-refractivity contribution in [3.8, 4) is 0 Å². The Kier molecular flexibility index (Phi) is 8.00. The van der Waals surface area contributed by atoms with Crippen LogP contribution in [0.25, 0.3) is 0 Å². The van der Waals surface area contributed by atoms with Crippen LogP contribution in [0.15, 0.2) is 48.5 Å². The normalized spacial score (nSPS) is 14.6. The smallest absolute Gasteiger partial charge is 0.292 e. The van der Waals surface area contributed by atoms with E-state index in [-0.39, 0.29) is 22.4 Å². The number of nitrogens with zero attached hydrogens (tertiary/aromatic N) is 3. The minimum absolute atomic E-state index is 0.0547. The Balaban J connectivity index is 1.48. The molecule has 7 nitrogen and oxygen atoms in total. The second-order valence-corrected chi connectivity index (χ2v) is 8.00. The van der Waals surface area contributed by atoms with Crippen molar-refractivity contribution in [1.82, 2.24) is 10.2 Å². The standard InChI is InChI=1S/C24H32N4O3/c1-3-26(4-2)18-20-11-9-19(10-12-20)17-25-24(29)21-13-15-27(16-14-21)22-7-5-6-8-23(22)28(30)31/h5-12,21H,3-4,13-18H2,1-2H3,(H,25,29). The van der Waals surface area contributed by atoms with E-state index in [0.29, 0.717) is 38.2 Å². The van der Waals surface area contributed by atoms with Crippen LogP contribution in [0.5, 0.6) is 0 Å². The monoisotopic (exact) mass is 424 g/mol. The zero-order chi connectivity index (χ0) is 22.2. The summed E-state index contributed by atoms with van der Waals surface area (Å²) in [6.45, 7) is 9.14. The first-order chi connectivity index (χ1) is 15.0. The number of anilines is 1. The van der Waals surface area contributed by atoms with E-state index in [0.717, 1.165) is 25.2 Å². The van der Waals surface area contributed by atoms with Crippen molar-refractivity contribution in [3.05, 3.63) is 69.8 Å². The highest BCUT2D eigenvalue weighted by Crippen LogP contribution is 2.31. The third-order valence-corrected chi connectivity index (χ3v) is 6.08. The number of para-hydroxylation sites is 2. The number of rotatable bonds is 9. The highest BCUT2D eigenvalue weighted by Gasteiger charge is 2.27. The van der Waals surface area contributed by atoms with Gasteiger partial charge in [-0.1, -0.05) is 50.2 Å². The van der Waals surface area contributed by atoms with Gasteiger partial charge in [0.2, 0.25) is 5.91 Å². The number of nitro benzene ring substituents is 1. The van der Waals surface area contributed by atoms with Crippen LogP contribution >= 0.6 is 0 Å². The number of hydrogen-bond acceptors (Lipinski definition) is 5. The maximum Gasteiger partial charge on any atom is 0.292 e.